The molecule has 23 atom stereocenters. The van der Waals surface area contributed by atoms with E-state index in [1.807, 2.05) is 14.0 Å². The summed E-state index contributed by atoms with van der Waals surface area (Å²) < 4.78 is 56.7. The van der Waals surface area contributed by atoms with Crippen LogP contribution in [0.5, 0.6) is 0 Å². The van der Waals surface area contributed by atoms with Gasteiger partial charge in [0.15, 0.2) is 27.2 Å². The van der Waals surface area contributed by atoms with Crippen LogP contribution >= 0.6 is 0 Å². The van der Waals surface area contributed by atoms with Gasteiger partial charge in [0.25, 0.3) is 0 Å². The Kier molecular flexibility index (Phi) is 16.7. The van der Waals surface area contributed by atoms with Gasteiger partial charge in [-0.25, -0.2) is 0 Å². The van der Waals surface area contributed by atoms with Gasteiger partial charge < -0.3 is 42.4 Å². The highest BCUT2D eigenvalue weighted by Crippen LogP contribution is 2.76. The third kappa shape index (κ3) is 9.12. The number of fused-ring (bicyclic) bond motifs is 7. The van der Waals surface area contributed by atoms with E-state index < -0.39 is 56.3 Å². The summed E-state index contributed by atoms with van der Waals surface area (Å²) in [4.78, 5) is 28.3. The number of carbonyl (C=O) groups excluding carboxylic acids is 2. The molecule has 412 valence electrons. The van der Waals surface area contributed by atoms with Gasteiger partial charge in [-0.2, -0.15) is 0 Å². The molecule has 72 heavy (non-hydrogen) atoms. The quantitative estimate of drug-likeness (QED) is 0.0681. The fourth-order valence-corrected chi connectivity index (χ4v) is 20.9. The van der Waals surface area contributed by atoms with Crippen molar-refractivity contribution in [1.82, 2.24) is 0 Å². The molecule has 8 unspecified atom stereocenters. The maximum atomic E-state index is 14.2. The Bertz CT molecular complexity index is 1950. The van der Waals surface area contributed by atoms with E-state index in [0.717, 1.165) is 82.3 Å². The summed E-state index contributed by atoms with van der Waals surface area (Å²) in [5.74, 6) is 2.43. The highest BCUT2D eigenvalue weighted by atomic mass is 28.4. The van der Waals surface area contributed by atoms with E-state index >= 15 is 0 Å². The Hall–Kier alpha value is -1.02. The standard InChI is InChI=1S/C61H104O10Si/c1-19-45-39(8)40(9)51(71-72(20-2,21-3)22-4)55(67-45)70-52-50(69-53-41(10)38(7)36(5)33-65-53)37(6)34-66-54(52)68-48-26-27-57(14)46(58(48,15)35-62)25-28-59(16)47(57)24-23-43-44-31-56(12,13)29-30-61(44,42(11)63)49(64-18)32-60(43,59)17/h23,35-41,44-55H,19-22,24-34H2,1-18H3/t36-,37-,38+,39-,40+,41?,44?,45?,46-,47?,48+,49?,50+,51?,52?,53+,54+,55+,57?,58-,59+,60-,61-/m1/s1. The van der Waals surface area contributed by atoms with Crippen molar-refractivity contribution in [3.8, 4) is 0 Å². The van der Waals surface area contributed by atoms with Crippen LogP contribution in [0, 0.1) is 85.8 Å². The lowest BCUT2D eigenvalue weighted by atomic mass is 9.33. The molecule has 0 spiro atoms. The van der Waals surface area contributed by atoms with Gasteiger partial charge >= 0.3 is 0 Å². The Morgan fingerprint density at radius 2 is 1.36 bits per heavy atom. The fraction of sp³-hybridized carbons (Fsp3) is 0.934. The summed E-state index contributed by atoms with van der Waals surface area (Å²) in [6.45, 7) is 40.3. The van der Waals surface area contributed by atoms with Crippen molar-refractivity contribution >= 4 is 20.4 Å². The molecule has 0 bridgehead atoms. The highest BCUT2D eigenvalue weighted by Gasteiger charge is 2.72. The lowest BCUT2D eigenvalue weighted by molar-refractivity contribution is -0.370. The maximum absolute atomic E-state index is 14.2. The van der Waals surface area contributed by atoms with Crippen molar-refractivity contribution in [3.05, 3.63) is 11.6 Å². The molecular weight excluding hydrogens is 921 g/mol. The average molecular weight is 1030 g/mol. The second-order valence-electron chi connectivity index (χ2n) is 27.7. The van der Waals surface area contributed by atoms with Crippen LogP contribution in [-0.4, -0.2) is 96.2 Å². The molecule has 0 aromatic carbocycles. The molecule has 7 fully saturated rings. The predicted molar refractivity (Wildman–Crippen MR) is 286 cm³/mol. The molecule has 8 aliphatic rings. The van der Waals surface area contributed by atoms with Crippen molar-refractivity contribution < 1.29 is 47.2 Å². The molecule has 3 saturated heterocycles. The summed E-state index contributed by atoms with van der Waals surface area (Å²) in [5, 5.41) is 0. The van der Waals surface area contributed by atoms with Gasteiger partial charge in [-0.05, 0) is 152 Å². The molecule has 3 heterocycles. The van der Waals surface area contributed by atoms with Crippen LogP contribution in [0.25, 0.3) is 0 Å². The van der Waals surface area contributed by atoms with E-state index in [1.54, 1.807) is 0 Å². The number of ketones is 1. The zero-order valence-corrected chi connectivity index (χ0v) is 49.7. The molecule has 4 saturated carbocycles. The largest absolute Gasteiger partial charge is 0.408 e. The van der Waals surface area contributed by atoms with Gasteiger partial charge in [-0.1, -0.05) is 122 Å². The number of hydrogen-bond acceptors (Lipinski definition) is 10. The first kappa shape index (κ1) is 57.2. The molecule has 0 N–H and O–H groups in total. The number of Topliss-reactive ketones (excluding diaryl/α,β-unsaturated/α-hetero) is 1. The Balaban J connectivity index is 1.12. The zero-order valence-electron chi connectivity index (χ0n) is 48.7. The maximum Gasteiger partial charge on any atom is 0.192 e. The molecule has 3 aliphatic heterocycles. The summed E-state index contributed by atoms with van der Waals surface area (Å²) in [6.07, 6.45) is 9.39. The van der Waals surface area contributed by atoms with Crippen LogP contribution in [0.4, 0.5) is 0 Å². The molecule has 11 heteroatoms. The Labute approximate surface area is 439 Å². The zero-order chi connectivity index (χ0) is 52.7. The summed E-state index contributed by atoms with van der Waals surface area (Å²) in [7, 11) is -0.251. The third-order valence-corrected chi connectivity index (χ3v) is 28.6. The fourth-order valence-electron chi connectivity index (χ4n) is 18.0. The number of aldehydes is 1. The van der Waals surface area contributed by atoms with Crippen molar-refractivity contribution in [2.24, 2.45) is 85.8 Å². The minimum atomic E-state index is -2.10. The van der Waals surface area contributed by atoms with E-state index in [4.69, 9.17) is 37.6 Å². The van der Waals surface area contributed by atoms with Gasteiger partial charge in [0, 0.05) is 18.9 Å². The molecule has 5 aliphatic carbocycles. The first-order chi connectivity index (χ1) is 33.8. The number of methoxy groups -OCH3 is 1. The Morgan fingerprint density at radius 3 is 1.99 bits per heavy atom. The molecule has 0 radical (unpaired) electrons. The topological polar surface area (TPSA) is 108 Å². The second-order valence-corrected chi connectivity index (χ2v) is 32.4. The van der Waals surface area contributed by atoms with Crippen LogP contribution in [0.15, 0.2) is 11.6 Å². The first-order valence-electron chi connectivity index (χ1n) is 29.6. The second kappa shape index (κ2) is 21.0. The summed E-state index contributed by atoms with van der Waals surface area (Å²) in [5.41, 5.74) is 0.106. The van der Waals surface area contributed by atoms with Crippen molar-refractivity contribution in [2.45, 2.75) is 256 Å². The van der Waals surface area contributed by atoms with E-state index in [0.29, 0.717) is 42.7 Å². The minimum Gasteiger partial charge on any atom is -0.408 e. The van der Waals surface area contributed by atoms with Gasteiger partial charge in [0.05, 0.1) is 54.6 Å². The van der Waals surface area contributed by atoms with E-state index in [2.05, 4.69) is 117 Å². The molecule has 8 rings (SSSR count). The number of rotatable bonds is 15. The molecule has 0 aromatic rings. The smallest absolute Gasteiger partial charge is 0.192 e. The molecule has 0 aromatic heterocycles. The van der Waals surface area contributed by atoms with Gasteiger partial charge in [0.1, 0.15) is 18.2 Å². The number of hydrogen-bond donors (Lipinski definition) is 0. The Morgan fingerprint density at radius 1 is 0.708 bits per heavy atom. The number of allylic oxidation sites excluding steroid dienone is 2. The van der Waals surface area contributed by atoms with Gasteiger partial charge in [-0.15, -0.1) is 0 Å². The van der Waals surface area contributed by atoms with Crippen LogP contribution < -0.4 is 0 Å². The van der Waals surface area contributed by atoms with Crippen molar-refractivity contribution in [3.63, 3.8) is 0 Å². The average Bonchev–Trinajstić information content (AvgIpc) is 3.34. The monoisotopic (exact) mass is 1020 g/mol. The lowest BCUT2D eigenvalue weighted by Crippen LogP contribution is -2.68. The van der Waals surface area contributed by atoms with Crippen LogP contribution in [0.1, 0.15) is 182 Å². The highest BCUT2D eigenvalue weighted by molar-refractivity contribution is 6.73. The van der Waals surface area contributed by atoms with Crippen LogP contribution in [0.2, 0.25) is 18.1 Å². The van der Waals surface area contributed by atoms with Gasteiger partial charge in [-0.3, -0.25) is 4.79 Å². The van der Waals surface area contributed by atoms with E-state index in [1.165, 1.54) is 11.9 Å². The third-order valence-electron chi connectivity index (χ3n) is 24.0. The predicted octanol–water partition coefficient (Wildman–Crippen LogP) is 13.4. The normalized spacial score (nSPS) is 50.4. The summed E-state index contributed by atoms with van der Waals surface area (Å²) >= 11 is 0. The van der Waals surface area contributed by atoms with Crippen molar-refractivity contribution in [1.29, 1.82) is 0 Å². The SMILES string of the molecule is CCC1O[C@@H](OC2[C@H](O[C@H]3CCC4(C)C5CC=C6C7CC(C)(C)CC[C@]7(C(C)=O)C(OC)C[C@@]6(C)[C@@]5(C)CC[C@H]4[C@@]3(C)C=O)OC[C@@H](C)[C@@H]2O[C@@H]2OC[C@@H](C)[C@H](C)C2C)C(O[Si](CC)(CC)CC)[C@@H](C)[C@H]1C. The van der Waals surface area contributed by atoms with E-state index in [-0.39, 0.29) is 69.6 Å². The first-order valence-corrected chi connectivity index (χ1v) is 32.1. The minimum absolute atomic E-state index is 0.00928. The van der Waals surface area contributed by atoms with Crippen LogP contribution in [-0.2, 0) is 47.2 Å². The summed E-state index contributed by atoms with van der Waals surface area (Å²) in [6, 6.07) is 3.10. The number of ether oxygens (including phenoxy) is 7. The molecular formula is C61H104O10Si. The number of carbonyl (C=O) groups is 2. The molecule has 0 amide bonds. The van der Waals surface area contributed by atoms with Gasteiger partial charge in [0.2, 0.25) is 0 Å². The van der Waals surface area contributed by atoms with Crippen molar-refractivity contribution in [2.75, 3.05) is 20.3 Å². The lowest BCUT2D eigenvalue weighted by Gasteiger charge is -2.72. The molecule has 10 nitrogen and oxygen atoms in total. The van der Waals surface area contributed by atoms with E-state index in [9.17, 15) is 9.59 Å². The van der Waals surface area contributed by atoms with Crippen LogP contribution in [0.3, 0.4) is 0 Å².